The van der Waals surface area contributed by atoms with Gasteiger partial charge in [-0.3, -0.25) is 19.8 Å². The van der Waals surface area contributed by atoms with Crippen LogP contribution < -0.4 is 10.2 Å². The summed E-state index contributed by atoms with van der Waals surface area (Å²) in [6.07, 6.45) is 1.59. The van der Waals surface area contributed by atoms with Gasteiger partial charge in [-0.15, -0.1) is 11.3 Å². The third-order valence-corrected chi connectivity index (χ3v) is 5.81. The fraction of sp³-hybridized carbons (Fsp3) is 0. The Balaban J connectivity index is 2.02. The third-order valence-electron chi connectivity index (χ3n) is 3.11. The highest BCUT2D eigenvalue weighted by atomic mass is 127. The van der Waals surface area contributed by atoms with Gasteiger partial charge in [-0.25, -0.2) is 0 Å². The molecule has 23 heavy (non-hydrogen) atoms. The zero-order chi connectivity index (χ0) is 16.6. The van der Waals surface area contributed by atoms with Crippen LogP contribution in [-0.4, -0.2) is 16.9 Å². The van der Waals surface area contributed by atoms with Crippen LogP contribution in [0.15, 0.2) is 41.3 Å². The first-order chi connectivity index (χ1) is 11.0. The standard InChI is InChI=1S/C15H8ClIN2O2S2/c16-8-1-3-9(4-2-8)19-14(21)10(13(20)18-15(19)22)7-12-11(17)5-6-23-12/h1-7H,(H,18,20,22). The van der Waals surface area contributed by atoms with Crippen molar-refractivity contribution >= 4 is 86.4 Å². The molecule has 8 heteroatoms. The van der Waals surface area contributed by atoms with Gasteiger partial charge in [0.15, 0.2) is 5.11 Å². The highest BCUT2D eigenvalue weighted by Gasteiger charge is 2.34. The Morgan fingerprint density at radius 3 is 2.52 bits per heavy atom. The van der Waals surface area contributed by atoms with Crippen molar-refractivity contribution in [1.82, 2.24) is 5.32 Å². The minimum absolute atomic E-state index is 0.0499. The molecule has 2 heterocycles. The van der Waals surface area contributed by atoms with E-state index in [0.717, 1.165) is 8.45 Å². The molecule has 1 aromatic heterocycles. The molecule has 1 aliphatic heterocycles. The Kier molecular flexibility index (Phi) is 4.81. The summed E-state index contributed by atoms with van der Waals surface area (Å²) in [5.74, 6) is -0.945. The Morgan fingerprint density at radius 2 is 1.91 bits per heavy atom. The second-order valence-electron chi connectivity index (χ2n) is 4.57. The SMILES string of the molecule is O=C1NC(=S)N(c2ccc(Cl)cc2)C(=O)C1=Cc1sccc1I. The molecule has 4 nitrogen and oxygen atoms in total. The van der Waals surface area contributed by atoms with E-state index in [2.05, 4.69) is 27.9 Å². The van der Waals surface area contributed by atoms with Gasteiger partial charge in [0.1, 0.15) is 5.57 Å². The van der Waals surface area contributed by atoms with Crippen molar-refractivity contribution in [2.45, 2.75) is 0 Å². The first kappa shape index (κ1) is 16.6. The van der Waals surface area contributed by atoms with E-state index in [1.54, 1.807) is 30.3 Å². The van der Waals surface area contributed by atoms with Crippen LogP contribution in [0.2, 0.25) is 5.02 Å². The molecular weight excluding hydrogens is 467 g/mol. The number of halogens is 2. The Bertz CT molecular complexity index is 845. The molecule has 1 aromatic carbocycles. The van der Waals surface area contributed by atoms with Crippen molar-refractivity contribution in [2.75, 3.05) is 4.90 Å². The summed E-state index contributed by atoms with van der Waals surface area (Å²) in [4.78, 5) is 27.0. The molecule has 3 rings (SSSR count). The quantitative estimate of drug-likeness (QED) is 0.311. The number of hydrogen-bond acceptors (Lipinski definition) is 4. The van der Waals surface area contributed by atoms with Crippen molar-refractivity contribution < 1.29 is 9.59 Å². The van der Waals surface area contributed by atoms with Crippen molar-refractivity contribution in [1.29, 1.82) is 0 Å². The van der Waals surface area contributed by atoms with Gasteiger partial charge in [-0.1, -0.05) is 11.6 Å². The molecule has 1 saturated heterocycles. The average molecular weight is 475 g/mol. The van der Waals surface area contributed by atoms with Gasteiger partial charge in [-0.05, 0) is 76.6 Å². The summed E-state index contributed by atoms with van der Waals surface area (Å²) >= 11 is 14.6. The minimum Gasteiger partial charge on any atom is -0.298 e. The van der Waals surface area contributed by atoms with Crippen LogP contribution in [0.4, 0.5) is 5.69 Å². The molecule has 0 saturated carbocycles. The van der Waals surface area contributed by atoms with E-state index in [0.29, 0.717) is 10.7 Å². The number of carbonyl (C=O) groups excluding carboxylic acids is 2. The van der Waals surface area contributed by atoms with Crippen LogP contribution in [0.3, 0.4) is 0 Å². The zero-order valence-corrected chi connectivity index (χ0v) is 15.9. The lowest BCUT2D eigenvalue weighted by molar-refractivity contribution is -0.122. The molecule has 1 fully saturated rings. The monoisotopic (exact) mass is 474 g/mol. The third kappa shape index (κ3) is 3.32. The first-order valence-corrected chi connectivity index (χ1v) is 9.12. The lowest BCUT2D eigenvalue weighted by atomic mass is 10.1. The fourth-order valence-corrected chi connectivity index (χ4v) is 4.11. The number of hydrogen-bond donors (Lipinski definition) is 1. The highest BCUT2D eigenvalue weighted by molar-refractivity contribution is 14.1. The summed E-state index contributed by atoms with van der Waals surface area (Å²) < 4.78 is 0.979. The number of thiocarbonyl (C=S) groups is 1. The van der Waals surface area contributed by atoms with Crippen LogP contribution >= 0.6 is 57.7 Å². The van der Waals surface area contributed by atoms with E-state index in [4.69, 9.17) is 23.8 Å². The topological polar surface area (TPSA) is 49.4 Å². The van der Waals surface area contributed by atoms with Crippen molar-refractivity contribution in [2.24, 2.45) is 0 Å². The van der Waals surface area contributed by atoms with Gasteiger partial charge in [0.25, 0.3) is 11.8 Å². The lowest BCUT2D eigenvalue weighted by Gasteiger charge is -2.28. The smallest absolute Gasteiger partial charge is 0.270 e. The molecule has 0 radical (unpaired) electrons. The molecule has 2 amide bonds. The van der Waals surface area contributed by atoms with Crippen LogP contribution in [0.1, 0.15) is 4.88 Å². The predicted octanol–water partition coefficient (Wildman–Crippen LogP) is 3.84. The summed E-state index contributed by atoms with van der Waals surface area (Å²) in [6, 6.07) is 8.60. The molecule has 2 aromatic rings. The number of benzene rings is 1. The van der Waals surface area contributed by atoms with Gasteiger partial charge in [0.05, 0.1) is 5.69 Å². The van der Waals surface area contributed by atoms with E-state index < -0.39 is 11.8 Å². The maximum Gasteiger partial charge on any atom is 0.270 e. The van der Waals surface area contributed by atoms with E-state index in [-0.39, 0.29) is 10.7 Å². The lowest BCUT2D eigenvalue weighted by Crippen LogP contribution is -2.54. The normalized spacial score (nSPS) is 16.9. The first-order valence-electron chi connectivity index (χ1n) is 6.37. The van der Waals surface area contributed by atoms with Crippen LogP contribution in [-0.2, 0) is 9.59 Å². The highest BCUT2D eigenvalue weighted by Crippen LogP contribution is 2.26. The molecule has 0 bridgehead atoms. The number of nitrogens with zero attached hydrogens (tertiary/aromatic N) is 1. The molecule has 1 aliphatic rings. The van der Waals surface area contributed by atoms with E-state index in [1.165, 1.54) is 16.2 Å². The predicted molar refractivity (Wildman–Crippen MR) is 105 cm³/mol. The Labute approximate surface area is 160 Å². The number of rotatable bonds is 2. The summed E-state index contributed by atoms with van der Waals surface area (Å²) in [5.41, 5.74) is 0.602. The fourth-order valence-electron chi connectivity index (χ4n) is 2.02. The maximum absolute atomic E-state index is 12.7. The zero-order valence-electron chi connectivity index (χ0n) is 11.4. The summed E-state index contributed by atoms with van der Waals surface area (Å²) in [6.45, 7) is 0. The largest absolute Gasteiger partial charge is 0.298 e. The Hall–Kier alpha value is -1.29. The van der Waals surface area contributed by atoms with Gasteiger partial charge in [-0.2, -0.15) is 0 Å². The van der Waals surface area contributed by atoms with E-state index in [1.807, 2.05) is 11.4 Å². The number of nitrogens with one attached hydrogen (secondary N) is 1. The van der Waals surface area contributed by atoms with Crippen LogP contribution in [0.5, 0.6) is 0 Å². The van der Waals surface area contributed by atoms with Gasteiger partial charge >= 0.3 is 0 Å². The van der Waals surface area contributed by atoms with E-state index in [9.17, 15) is 9.59 Å². The number of thiophene rings is 1. The minimum atomic E-state index is -0.491. The van der Waals surface area contributed by atoms with Crippen LogP contribution in [0.25, 0.3) is 6.08 Å². The second kappa shape index (κ2) is 6.68. The summed E-state index contributed by atoms with van der Waals surface area (Å²) in [5, 5.41) is 5.07. The van der Waals surface area contributed by atoms with Gasteiger partial charge < -0.3 is 0 Å². The van der Waals surface area contributed by atoms with Gasteiger partial charge in [0.2, 0.25) is 0 Å². The van der Waals surface area contributed by atoms with Crippen molar-refractivity contribution in [3.05, 3.63) is 54.8 Å². The molecular formula is C15H8ClIN2O2S2. The van der Waals surface area contributed by atoms with Crippen molar-refractivity contribution in [3.63, 3.8) is 0 Å². The number of amides is 2. The number of anilines is 1. The van der Waals surface area contributed by atoms with Crippen molar-refractivity contribution in [3.8, 4) is 0 Å². The van der Waals surface area contributed by atoms with E-state index >= 15 is 0 Å². The molecule has 116 valence electrons. The van der Waals surface area contributed by atoms with Gasteiger partial charge in [0, 0.05) is 13.5 Å². The summed E-state index contributed by atoms with van der Waals surface area (Å²) in [7, 11) is 0. The van der Waals surface area contributed by atoms with Crippen LogP contribution in [0, 0.1) is 3.57 Å². The molecule has 0 unspecified atom stereocenters. The second-order valence-corrected chi connectivity index (χ2v) is 7.50. The molecule has 1 N–H and O–H groups in total. The Morgan fingerprint density at radius 1 is 1.22 bits per heavy atom. The maximum atomic E-state index is 12.7. The average Bonchev–Trinajstić information content (AvgIpc) is 2.90. The molecule has 0 aliphatic carbocycles. The number of carbonyl (C=O) groups is 2. The molecule has 0 atom stereocenters. The molecule has 0 spiro atoms.